The molecule has 2 aromatic rings. The summed E-state index contributed by atoms with van der Waals surface area (Å²) in [5.41, 5.74) is 2.18. The molecule has 0 amide bonds. The molecule has 0 aliphatic carbocycles. The minimum absolute atomic E-state index is 0. The largest absolute Gasteiger partial charge is 0.444 e. The molecule has 2 aromatic heterocycles. The van der Waals surface area contributed by atoms with Crippen molar-refractivity contribution >= 4 is 41.3 Å². The molecule has 26 heavy (non-hydrogen) atoms. The molecule has 0 unspecified atom stereocenters. The van der Waals surface area contributed by atoms with Gasteiger partial charge in [-0.05, 0) is 20.8 Å². The van der Waals surface area contributed by atoms with Crippen molar-refractivity contribution in [3.05, 3.63) is 33.4 Å². The lowest BCUT2D eigenvalue weighted by molar-refractivity contribution is 0.473. The molecule has 2 heterocycles. The number of hydrogen-bond acceptors (Lipinski definition) is 5. The molecule has 0 saturated carbocycles. The number of aliphatic imine (C=N–C) groups is 1. The summed E-state index contributed by atoms with van der Waals surface area (Å²) in [4.78, 5) is 13.6. The highest BCUT2D eigenvalue weighted by Gasteiger charge is 2.17. The number of nitrogens with one attached hydrogen (secondary N) is 2. The third-order valence-electron chi connectivity index (χ3n) is 3.74. The predicted octanol–water partition coefficient (Wildman–Crippen LogP) is 3.96. The molecule has 0 aliphatic rings. The van der Waals surface area contributed by atoms with Crippen LogP contribution < -0.4 is 10.6 Å². The van der Waals surface area contributed by atoms with Crippen LogP contribution >= 0.6 is 35.3 Å². The quantitative estimate of drug-likeness (QED) is 0.364. The van der Waals surface area contributed by atoms with Crippen molar-refractivity contribution in [3.8, 4) is 0 Å². The molecular weight excluding hydrogens is 461 g/mol. The molecule has 0 atom stereocenters. The number of oxazole rings is 1. The van der Waals surface area contributed by atoms with Crippen LogP contribution in [0.2, 0.25) is 0 Å². The van der Waals surface area contributed by atoms with E-state index in [4.69, 9.17) is 9.40 Å². The van der Waals surface area contributed by atoms with E-state index >= 15 is 0 Å². The standard InChI is InChI=1S/C18H29N5OS.HI/c1-7-19-17(21-10-15-22-12(2)13(3)24-15)20-9-8-16-23-14(11-25-16)18(4,5)6;/h11H,7-10H2,1-6H3,(H2,19,20,21);1H. The molecule has 0 aliphatic heterocycles. The first-order valence-corrected chi connectivity index (χ1v) is 9.57. The van der Waals surface area contributed by atoms with Gasteiger partial charge < -0.3 is 15.1 Å². The summed E-state index contributed by atoms with van der Waals surface area (Å²) < 4.78 is 5.57. The van der Waals surface area contributed by atoms with Crippen LogP contribution in [-0.4, -0.2) is 29.0 Å². The lowest BCUT2D eigenvalue weighted by Crippen LogP contribution is -2.38. The summed E-state index contributed by atoms with van der Waals surface area (Å²) in [6.45, 7) is 14.5. The second kappa shape index (κ2) is 10.2. The first-order valence-electron chi connectivity index (χ1n) is 8.69. The van der Waals surface area contributed by atoms with Gasteiger partial charge in [-0.15, -0.1) is 35.3 Å². The fourth-order valence-electron chi connectivity index (χ4n) is 2.15. The minimum Gasteiger partial charge on any atom is -0.444 e. The topological polar surface area (TPSA) is 75.3 Å². The highest BCUT2D eigenvalue weighted by atomic mass is 127. The first-order chi connectivity index (χ1) is 11.8. The Kier molecular flexibility index (Phi) is 9.02. The second-order valence-electron chi connectivity index (χ2n) is 7.00. The van der Waals surface area contributed by atoms with Crippen LogP contribution in [0.15, 0.2) is 14.8 Å². The van der Waals surface area contributed by atoms with Gasteiger partial charge in [-0.3, -0.25) is 0 Å². The van der Waals surface area contributed by atoms with E-state index in [-0.39, 0.29) is 29.4 Å². The SMILES string of the molecule is CCNC(=NCc1nc(C)c(C)o1)NCCc1nc(C(C)(C)C)cs1.I. The lowest BCUT2D eigenvalue weighted by atomic mass is 9.93. The molecule has 8 heteroatoms. The van der Waals surface area contributed by atoms with Crippen molar-refractivity contribution in [1.82, 2.24) is 20.6 Å². The van der Waals surface area contributed by atoms with Gasteiger partial charge in [0.25, 0.3) is 0 Å². The van der Waals surface area contributed by atoms with Crippen molar-refractivity contribution in [2.45, 2.75) is 59.9 Å². The molecule has 2 N–H and O–H groups in total. The Bertz CT molecular complexity index is 698. The van der Waals surface area contributed by atoms with Gasteiger partial charge in [0.05, 0.1) is 16.4 Å². The maximum absolute atomic E-state index is 5.57. The van der Waals surface area contributed by atoms with Crippen LogP contribution in [0.3, 0.4) is 0 Å². The van der Waals surface area contributed by atoms with Crippen LogP contribution in [0.1, 0.15) is 55.7 Å². The highest BCUT2D eigenvalue weighted by molar-refractivity contribution is 14.0. The second-order valence-corrected chi connectivity index (χ2v) is 7.94. The van der Waals surface area contributed by atoms with Gasteiger partial charge in [0, 0.05) is 30.3 Å². The van der Waals surface area contributed by atoms with E-state index in [0.717, 1.165) is 47.6 Å². The van der Waals surface area contributed by atoms with Gasteiger partial charge in [0.2, 0.25) is 5.89 Å². The molecule has 146 valence electrons. The molecule has 0 aromatic carbocycles. The van der Waals surface area contributed by atoms with Gasteiger partial charge in [-0.25, -0.2) is 15.0 Å². The highest BCUT2D eigenvalue weighted by Crippen LogP contribution is 2.23. The monoisotopic (exact) mass is 491 g/mol. The number of halogens is 1. The van der Waals surface area contributed by atoms with Crippen LogP contribution in [-0.2, 0) is 18.4 Å². The van der Waals surface area contributed by atoms with E-state index in [1.165, 1.54) is 0 Å². The number of nitrogens with zero attached hydrogens (tertiary/aromatic N) is 3. The summed E-state index contributed by atoms with van der Waals surface area (Å²) in [6, 6.07) is 0. The maximum atomic E-state index is 5.57. The van der Waals surface area contributed by atoms with Gasteiger partial charge in [-0.2, -0.15) is 0 Å². The average molecular weight is 491 g/mol. The summed E-state index contributed by atoms with van der Waals surface area (Å²) in [7, 11) is 0. The Morgan fingerprint density at radius 2 is 1.96 bits per heavy atom. The number of guanidine groups is 1. The van der Waals surface area contributed by atoms with Gasteiger partial charge in [-0.1, -0.05) is 20.8 Å². The zero-order valence-electron chi connectivity index (χ0n) is 16.5. The van der Waals surface area contributed by atoms with E-state index in [9.17, 15) is 0 Å². The average Bonchev–Trinajstić information content (AvgIpc) is 3.12. The fourth-order valence-corrected chi connectivity index (χ4v) is 3.18. The van der Waals surface area contributed by atoms with Gasteiger partial charge >= 0.3 is 0 Å². The van der Waals surface area contributed by atoms with E-state index in [1.807, 2.05) is 20.8 Å². The van der Waals surface area contributed by atoms with Crippen LogP contribution in [0, 0.1) is 13.8 Å². The maximum Gasteiger partial charge on any atom is 0.216 e. The molecule has 0 radical (unpaired) electrons. The van der Waals surface area contributed by atoms with Crippen molar-refractivity contribution in [3.63, 3.8) is 0 Å². The first kappa shape index (κ1) is 22.9. The normalized spacial score (nSPS) is 12.0. The van der Waals surface area contributed by atoms with Crippen LogP contribution in [0.4, 0.5) is 0 Å². The number of aromatic nitrogens is 2. The minimum atomic E-state index is 0. The zero-order chi connectivity index (χ0) is 18.4. The Morgan fingerprint density at radius 1 is 1.23 bits per heavy atom. The third kappa shape index (κ3) is 6.86. The van der Waals surface area contributed by atoms with E-state index < -0.39 is 0 Å². The van der Waals surface area contributed by atoms with Crippen molar-refractivity contribution < 1.29 is 4.42 Å². The van der Waals surface area contributed by atoms with Crippen LogP contribution in [0.25, 0.3) is 0 Å². The number of thiazole rings is 1. The number of rotatable bonds is 6. The van der Waals surface area contributed by atoms with Gasteiger partial charge in [0.1, 0.15) is 12.3 Å². The molecular formula is C18H30IN5OS. The molecule has 0 bridgehead atoms. The summed E-state index contributed by atoms with van der Waals surface area (Å²) in [6.07, 6.45) is 0.877. The molecule has 0 spiro atoms. The summed E-state index contributed by atoms with van der Waals surface area (Å²) in [5, 5.41) is 9.89. The Morgan fingerprint density at radius 3 is 2.50 bits per heavy atom. The zero-order valence-corrected chi connectivity index (χ0v) is 19.6. The lowest BCUT2D eigenvalue weighted by Gasteiger charge is -2.14. The predicted molar refractivity (Wildman–Crippen MR) is 119 cm³/mol. The van der Waals surface area contributed by atoms with Crippen molar-refractivity contribution in [1.29, 1.82) is 0 Å². The Labute approximate surface area is 177 Å². The molecule has 0 saturated heterocycles. The number of hydrogen-bond donors (Lipinski definition) is 2. The Hall–Kier alpha value is -1.16. The number of aryl methyl sites for hydroxylation is 2. The molecule has 2 rings (SSSR count). The third-order valence-corrected chi connectivity index (χ3v) is 4.65. The van der Waals surface area contributed by atoms with E-state index in [1.54, 1.807) is 11.3 Å². The van der Waals surface area contributed by atoms with Crippen molar-refractivity contribution in [2.75, 3.05) is 13.1 Å². The molecule has 6 nitrogen and oxygen atoms in total. The van der Waals surface area contributed by atoms with Crippen molar-refractivity contribution in [2.24, 2.45) is 4.99 Å². The Balaban J connectivity index is 0.00000338. The van der Waals surface area contributed by atoms with E-state index in [2.05, 4.69) is 46.8 Å². The van der Waals surface area contributed by atoms with Gasteiger partial charge in [0.15, 0.2) is 5.96 Å². The fraction of sp³-hybridized carbons (Fsp3) is 0.611. The van der Waals surface area contributed by atoms with E-state index in [0.29, 0.717) is 12.4 Å². The summed E-state index contributed by atoms with van der Waals surface area (Å²) >= 11 is 1.72. The molecule has 0 fully saturated rings. The van der Waals surface area contributed by atoms with Crippen LogP contribution in [0.5, 0.6) is 0 Å². The smallest absolute Gasteiger partial charge is 0.216 e. The summed E-state index contributed by atoms with van der Waals surface area (Å²) in [5.74, 6) is 2.26.